The van der Waals surface area contributed by atoms with E-state index in [4.69, 9.17) is 9.42 Å². The SMILES string of the molecule is C/C=C1/OP(=O)(O)OC/C1=C/CC. The van der Waals surface area contributed by atoms with Crippen LogP contribution in [0.3, 0.4) is 0 Å². The summed E-state index contributed by atoms with van der Waals surface area (Å²) >= 11 is 0. The minimum absolute atomic E-state index is 0.140. The molecule has 0 saturated carbocycles. The van der Waals surface area contributed by atoms with Gasteiger partial charge in [-0.15, -0.1) is 0 Å². The van der Waals surface area contributed by atoms with Gasteiger partial charge in [0.1, 0.15) is 5.76 Å². The molecule has 0 radical (unpaired) electrons. The van der Waals surface area contributed by atoms with E-state index in [-0.39, 0.29) is 6.61 Å². The quantitative estimate of drug-likeness (QED) is 0.666. The molecule has 5 heteroatoms. The van der Waals surface area contributed by atoms with E-state index in [1.54, 1.807) is 13.0 Å². The van der Waals surface area contributed by atoms with Gasteiger partial charge < -0.3 is 4.52 Å². The van der Waals surface area contributed by atoms with Gasteiger partial charge in [-0.25, -0.2) is 4.57 Å². The lowest BCUT2D eigenvalue weighted by Crippen LogP contribution is -2.10. The number of phosphoric ester groups is 1. The van der Waals surface area contributed by atoms with Gasteiger partial charge in [-0.2, -0.15) is 0 Å². The number of hydrogen-bond acceptors (Lipinski definition) is 3. The molecule has 1 saturated heterocycles. The maximum Gasteiger partial charge on any atom is 0.527 e. The first kappa shape index (κ1) is 10.5. The highest BCUT2D eigenvalue weighted by Gasteiger charge is 2.30. The van der Waals surface area contributed by atoms with Crippen LogP contribution in [0.15, 0.2) is 23.5 Å². The normalized spacial score (nSPS) is 35.0. The lowest BCUT2D eigenvalue weighted by molar-refractivity contribution is 0.166. The molecule has 1 atom stereocenters. The van der Waals surface area contributed by atoms with Crippen LogP contribution in [0.25, 0.3) is 0 Å². The maximum atomic E-state index is 11.0. The Balaban J connectivity index is 2.85. The fourth-order valence-electron chi connectivity index (χ4n) is 1.08. The Kier molecular flexibility index (Phi) is 3.31. The van der Waals surface area contributed by atoms with Crippen LogP contribution in [-0.4, -0.2) is 11.5 Å². The molecule has 0 spiro atoms. The predicted molar refractivity (Wildman–Crippen MR) is 49.0 cm³/mol. The van der Waals surface area contributed by atoms with Gasteiger partial charge >= 0.3 is 7.82 Å². The van der Waals surface area contributed by atoms with E-state index >= 15 is 0 Å². The Bertz CT molecular complexity index is 293. The largest absolute Gasteiger partial charge is 0.527 e. The van der Waals surface area contributed by atoms with Crippen LogP contribution >= 0.6 is 7.82 Å². The zero-order valence-corrected chi connectivity index (χ0v) is 8.58. The molecular formula is C8H13O4P. The molecule has 0 aromatic carbocycles. The van der Waals surface area contributed by atoms with Crippen LogP contribution in [0.1, 0.15) is 20.3 Å². The highest BCUT2D eigenvalue weighted by molar-refractivity contribution is 7.47. The third kappa shape index (κ3) is 2.69. The average Bonchev–Trinajstić information content (AvgIpc) is 2.08. The summed E-state index contributed by atoms with van der Waals surface area (Å²) in [5.41, 5.74) is 0.825. The zero-order valence-electron chi connectivity index (χ0n) is 7.69. The molecule has 1 unspecified atom stereocenters. The van der Waals surface area contributed by atoms with Crippen LogP contribution in [0.4, 0.5) is 0 Å². The summed E-state index contributed by atoms with van der Waals surface area (Å²) in [6.07, 6.45) is 4.41. The van der Waals surface area contributed by atoms with Gasteiger partial charge in [-0.3, -0.25) is 9.42 Å². The van der Waals surface area contributed by atoms with Gasteiger partial charge in [0.25, 0.3) is 0 Å². The van der Waals surface area contributed by atoms with Crippen molar-refractivity contribution in [3.8, 4) is 0 Å². The average molecular weight is 204 g/mol. The molecule has 1 N–H and O–H groups in total. The van der Waals surface area contributed by atoms with Crippen molar-refractivity contribution in [2.24, 2.45) is 0 Å². The van der Waals surface area contributed by atoms with Crippen molar-refractivity contribution in [3.63, 3.8) is 0 Å². The highest BCUT2D eigenvalue weighted by Crippen LogP contribution is 2.50. The molecule has 1 rings (SSSR count). The number of allylic oxidation sites excluding steroid dienone is 2. The van der Waals surface area contributed by atoms with E-state index in [1.807, 2.05) is 13.0 Å². The number of phosphoric acid groups is 1. The molecule has 74 valence electrons. The smallest absolute Gasteiger partial charge is 0.404 e. The second-order valence-electron chi connectivity index (χ2n) is 2.62. The summed E-state index contributed by atoms with van der Waals surface area (Å²) in [5.74, 6) is 0.443. The number of hydrogen-bond donors (Lipinski definition) is 1. The van der Waals surface area contributed by atoms with Crippen LogP contribution in [0, 0.1) is 0 Å². The van der Waals surface area contributed by atoms with Crippen molar-refractivity contribution in [2.45, 2.75) is 20.3 Å². The molecule has 1 aliphatic rings. The van der Waals surface area contributed by atoms with E-state index in [9.17, 15) is 4.57 Å². The molecule has 4 nitrogen and oxygen atoms in total. The van der Waals surface area contributed by atoms with Crippen LogP contribution in [0.2, 0.25) is 0 Å². The molecule has 0 aliphatic carbocycles. The molecule has 0 amide bonds. The van der Waals surface area contributed by atoms with Crippen molar-refractivity contribution in [2.75, 3.05) is 6.61 Å². The van der Waals surface area contributed by atoms with Crippen molar-refractivity contribution >= 4 is 7.82 Å². The second kappa shape index (κ2) is 4.09. The first-order valence-corrected chi connectivity index (χ1v) is 5.61. The molecule has 0 aromatic heterocycles. The van der Waals surface area contributed by atoms with Gasteiger partial charge in [-0.05, 0) is 19.4 Å². The fraction of sp³-hybridized carbons (Fsp3) is 0.500. The molecule has 1 fully saturated rings. The van der Waals surface area contributed by atoms with Gasteiger partial charge in [0.05, 0.1) is 6.61 Å². The standard InChI is InChI=1S/C8H13O4P/c1-3-5-7-6-11-13(9,10)12-8(7)4-2/h4-5H,3,6H2,1-2H3,(H,9,10)/b7-5-,8-4+. The lowest BCUT2D eigenvalue weighted by atomic mass is 10.2. The summed E-state index contributed by atoms with van der Waals surface area (Å²) in [4.78, 5) is 9.01. The lowest BCUT2D eigenvalue weighted by Gasteiger charge is -2.22. The van der Waals surface area contributed by atoms with Gasteiger partial charge in [0.15, 0.2) is 0 Å². The Morgan fingerprint density at radius 2 is 2.38 bits per heavy atom. The van der Waals surface area contributed by atoms with E-state index in [1.165, 1.54) is 0 Å². The van der Waals surface area contributed by atoms with Crippen molar-refractivity contribution in [3.05, 3.63) is 23.5 Å². The minimum Gasteiger partial charge on any atom is -0.404 e. The first-order valence-electron chi connectivity index (χ1n) is 4.11. The topological polar surface area (TPSA) is 55.8 Å². The molecule has 0 aromatic rings. The molecular weight excluding hydrogens is 191 g/mol. The molecule has 0 bridgehead atoms. The summed E-state index contributed by atoms with van der Waals surface area (Å²) in [5, 5.41) is 0. The third-order valence-electron chi connectivity index (χ3n) is 1.63. The molecule has 1 heterocycles. The summed E-state index contributed by atoms with van der Waals surface area (Å²) < 4.78 is 20.4. The predicted octanol–water partition coefficient (Wildman–Crippen LogP) is 2.37. The number of rotatable bonds is 1. The zero-order chi connectivity index (χ0) is 9.90. The monoisotopic (exact) mass is 204 g/mol. The second-order valence-corrected chi connectivity index (χ2v) is 4.00. The summed E-state index contributed by atoms with van der Waals surface area (Å²) in [6, 6.07) is 0. The summed E-state index contributed by atoms with van der Waals surface area (Å²) in [6.45, 7) is 3.87. The molecule has 1 aliphatic heterocycles. The van der Waals surface area contributed by atoms with E-state index in [0.29, 0.717) is 5.76 Å². The van der Waals surface area contributed by atoms with Crippen LogP contribution in [-0.2, 0) is 13.6 Å². The summed E-state index contributed by atoms with van der Waals surface area (Å²) in [7, 11) is -3.83. The van der Waals surface area contributed by atoms with Crippen molar-refractivity contribution < 1.29 is 18.5 Å². The minimum atomic E-state index is -3.83. The van der Waals surface area contributed by atoms with E-state index in [0.717, 1.165) is 12.0 Å². The van der Waals surface area contributed by atoms with E-state index < -0.39 is 7.82 Å². The first-order chi connectivity index (χ1) is 6.09. The Hall–Kier alpha value is -0.570. The van der Waals surface area contributed by atoms with E-state index in [2.05, 4.69) is 4.52 Å². The van der Waals surface area contributed by atoms with Crippen molar-refractivity contribution in [1.82, 2.24) is 0 Å². The van der Waals surface area contributed by atoms with Crippen molar-refractivity contribution in [1.29, 1.82) is 0 Å². The maximum absolute atomic E-state index is 11.0. The van der Waals surface area contributed by atoms with Crippen LogP contribution in [0.5, 0.6) is 0 Å². The Morgan fingerprint density at radius 1 is 1.69 bits per heavy atom. The third-order valence-corrected chi connectivity index (χ3v) is 2.51. The van der Waals surface area contributed by atoms with Gasteiger partial charge in [0.2, 0.25) is 0 Å². The van der Waals surface area contributed by atoms with Gasteiger partial charge in [0, 0.05) is 5.57 Å². The van der Waals surface area contributed by atoms with Crippen LogP contribution < -0.4 is 0 Å². The molecule has 13 heavy (non-hydrogen) atoms. The Labute approximate surface area is 77.5 Å². The van der Waals surface area contributed by atoms with Gasteiger partial charge in [-0.1, -0.05) is 13.0 Å². The Morgan fingerprint density at radius 3 is 2.92 bits per heavy atom. The highest BCUT2D eigenvalue weighted by atomic mass is 31.2. The fourth-order valence-corrected chi connectivity index (χ4v) is 1.90.